The molecule has 1 nitrogen and oxygen atoms in total. The lowest BCUT2D eigenvalue weighted by Gasteiger charge is -2.12. The number of rotatable bonds is 2. The topological polar surface area (TPSA) is 17.1 Å². The highest BCUT2D eigenvalue weighted by Gasteiger charge is 2.23. The van der Waals surface area contributed by atoms with Gasteiger partial charge in [-0.3, -0.25) is 4.57 Å². The Morgan fingerprint density at radius 3 is 1.50 bits per heavy atom. The second kappa shape index (κ2) is 4.39. The molecule has 0 radical (unpaired) electrons. The Morgan fingerprint density at radius 1 is 0.812 bits per heavy atom. The Hall–Kier alpha value is -1.77. The molecule has 0 unspecified atom stereocenters. The highest BCUT2D eigenvalue weighted by atomic mass is 31.2. The van der Waals surface area contributed by atoms with Crippen LogP contribution in [0.1, 0.15) is 0 Å². The van der Waals surface area contributed by atoms with E-state index in [0.29, 0.717) is 10.6 Å². The molecule has 2 rings (SSSR count). The van der Waals surface area contributed by atoms with Gasteiger partial charge in [-0.25, -0.2) is 0 Å². The molecule has 0 fully saturated rings. The van der Waals surface area contributed by atoms with Crippen molar-refractivity contribution in [2.24, 2.45) is 0 Å². The van der Waals surface area contributed by atoms with Crippen molar-refractivity contribution in [1.82, 2.24) is 0 Å². The second-order valence-corrected chi connectivity index (χ2v) is 5.92. The van der Waals surface area contributed by atoms with Crippen LogP contribution in [0.4, 0.5) is 0 Å². The van der Waals surface area contributed by atoms with Crippen LogP contribution in [0.3, 0.4) is 0 Å². The van der Waals surface area contributed by atoms with E-state index in [1.54, 1.807) is 0 Å². The summed E-state index contributed by atoms with van der Waals surface area (Å²) in [5.41, 5.74) is 2.47. The number of terminal acetylenes is 1. The zero-order valence-corrected chi connectivity index (χ0v) is 9.60. The van der Waals surface area contributed by atoms with E-state index < -0.39 is 7.14 Å². The van der Waals surface area contributed by atoms with Gasteiger partial charge in [0.1, 0.15) is 0 Å². The molecule has 0 spiro atoms. The molecule has 2 aromatic carbocycles. The van der Waals surface area contributed by atoms with Crippen LogP contribution in [0, 0.1) is 12.1 Å². The summed E-state index contributed by atoms with van der Waals surface area (Å²) in [6.45, 7) is 0. The van der Waals surface area contributed by atoms with Crippen LogP contribution in [0.15, 0.2) is 60.7 Å². The van der Waals surface area contributed by atoms with Gasteiger partial charge in [-0.2, -0.15) is 0 Å². The third-order valence-electron chi connectivity index (χ3n) is 2.42. The summed E-state index contributed by atoms with van der Waals surface area (Å²) in [5, 5.41) is 1.42. The van der Waals surface area contributed by atoms with Crippen LogP contribution in [0.2, 0.25) is 0 Å². The molecule has 2 aromatic rings. The van der Waals surface area contributed by atoms with Gasteiger partial charge in [-0.1, -0.05) is 60.7 Å². The summed E-state index contributed by atoms with van der Waals surface area (Å²) in [7, 11) is -2.88. The quantitative estimate of drug-likeness (QED) is 0.568. The molecule has 78 valence electrons. The first-order valence-corrected chi connectivity index (χ1v) is 6.67. The van der Waals surface area contributed by atoms with Crippen molar-refractivity contribution in [1.29, 1.82) is 0 Å². The molecule has 0 N–H and O–H groups in total. The van der Waals surface area contributed by atoms with E-state index in [0.717, 1.165) is 0 Å². The fraction of sp³-hybridized carbons (Fsp3) is 0. The maximum Gasteiger partial charge on any atom is 0.210 e. The molecule has 0 saturated carbocycles. The number of hydrogen-bond acceptors (Lipinski definition) is 1. The van der Waals surface area contributed by atoms with Crippen LogP contribution < -0.4 is 10.6 Å². The molecule has 0 aliphatic heterocycles. The molecule has 0 heterocycles. The van der Waals surface area contributed by atoms with Gasteiger partial charge < -0.3 is 0 Å². The molecular formula is C14H11OP. The van der Waals surface area contributed by atoms with E-state index in [9.17, 15) is 4.57 Å². The molecule has 0 aliphatic rings. The van der Waals surface area contributed by atoms with Crippen molar-refractivity contribution in [3.8, 4) is 12.1 Å². The first kappa shape index (κ1) is 10.7. The van der Waals surface area contributed by atoms with E-state index in [2.05, 4.69) is 5.66 Å². The standard InChI is InChI=1S/C14H11OP/c1-2-16(15,13-9-5-3-6-10-13)14-11-7-4-8-12-14/h1,3-12H. The molecule has 0 aliphatic carbocycles. The predicted molar refractivity (Wildman–Crippen MR) is 68.6 cm³/mol. The highest BCUT2D eigenvalue weighted by Crippen LogP contribution is 2.41. The van der Waals surface area contributed by atoms with Gasteiger partial charge in [-0.05, 0) is 5.66 Å². The lowest BCUT2D eigenvalue weighted by molar-refractivity contribution is 0.593. The minimum atomic E-state index is -2.88. The van der Waals surface area contributed by atoms with Crippen LogP contribution >= 0.6 is 7.14 Å². The zero-order chi connectivity index (χ0) is 11.4. The largest absolute Gasteiger partial charge is 0.300 e. The maximum atomic E-state index is 12.7. The van der Waals surface area contributed by atoms with Crippen molar-refractivity contribution in [3.05, 3.63) is 60.7 Å². The van der Waals surface area contributed by atoms with Crippen LogP contribution in [-0.2, 0) is 4.57 Å². The summed E-state index contributed by atoms with van der Waals surface area (Å²) >= 11 is 0. The summed E-state index contributed by atoms with van der Waals surface area (Å²) in [6.07, 6.45) is 5.46. The Bertz CT molecular complexity index is 509. The predicted octanol–water partition coefficient (Wildman–Crippen LogP) is 2.59. The fourth-order valence-electron chi connectivity index (χ4n) is 1.57. The Kier molecular flexibility index (Phi) is 2.95. The number of hydrogen-bond donors (Lipinski definition) is 0. The Morgan fingerprint density at radius 2 is 1.19 bits per heavy atom. The second-order valence-electron chi connectivity index (χ2n) is 3.41. The fourth-order valence-corrected chi connectivity index (χ4v) is 3.35. The summed E-state index contributed by atoms with van der Waals surface area (Å²) in [6, 6.07) is 18.4. The minimum Gasteiger partial charge on any atom is -0.300 e. The van der Waals surface area contributed by atoms with E-state index in [4.69, 9.17) is 6.42 Å². The molecule has 0 atom stereocenters. The first-order valence-electron chi connectivity index (χ1n) is 4.96. The third-order valence-corrected chi connectivity index (χ3v) is 4.84. The van der Waals surface area contributed by atoms with Crippen LogP contribution in [-0.4, -0.2) is 0 Å². The third kappa shape index (κ3) is 1.81. The Labute approximate surface area is 95.5 Å². The summed E-state index contributed by atoms with van der Waals surface area (Å²) in [4.78, 5) is 0. The van der Waals surface area contributed by atoms with Gasteiger partial charge in [0.25, 0.3) is 0 Å². The monoisotopic (exact) mass is 226 g/mol. The average Bonchev–Trinajstić information content (AvgIpc) is 2.40. The summed E-state index contributed by atoms with van der Waals surface area (Å²) in [5.74, 6) is 0. The maximum absolute atomic E-state index is 12.7. The lowest BCUT2D eigenvalue weighted by Crippen LogP contribution is -2.13. The highest BCUT2D eigenvalue weighted by molar-refractivity contribution is 7.83. The smallest absolute Gasteiger partial charge is 0.210 e. The van der Waals surface area contributed by atoms with Crippen molar-refractivity contribution in [2.45, 2.75) is 0 Å². The lowest BCUT2D eigenvalue weighted by atomic mass is 10.4. The van der Waals surface area contributed by atoms with Gasteiger partial charge in [0, 0.05) is 10.6 Å². The van der Waals surface area contributed by atoms with Gasteiger partial charge in [0.15, 0.2) is 0 Å². The van der Waals surface area contributed by atoms with E-state index in [1.807, 2.05) is 60.7 Å². The first-order chi connectivity index (χ1) is 7.77. The van der Waals surface area contributed by atoms with E-state index >= 15 is 0 Å². The SMILES string of the molecule is C#CP(=O)(c1ccccc1)c1ccccc1. The molecule has 0 bridgehead atoms. The molecule has 16 heavy (non-hydrogen) atoms. The number of benzene rings is 2. The molecule has 2 heteroatoms. The minimum absolute atomic E-state index is 0.712. The van der Waals surface area contributed by atoms with Crippen molar-refractivity contribution < 1.29 is 4.57 Å². The van der Waals surface area contributed by atoms with E-state index in [1.165, 1.54) is 0 Å². The normalized spacial score (nSPS) is 10.7. The van der Waals surface area contributed by atoms with Crippen LogP contribution in [0.25, 0.3) is 0 Å². The van der Waals surface area contributed by atoms with Crippen molar-refractivity contribution in [3.63, 3.8) is 0 Å². The van der Waals surface area contributed by atoms with Gasteiger partial charge in [0.2, 0.25) is 7.14 Å². The van der Waals surface area contributed by atoms with Gasteiger partial charge >= 0.3 is 0 Å². The average molecular weight is 226 g/mol. The molecule has 0 saturated heterocycles. The van der Waals surface area contributed by atoms with Crippen molar-refractivity contribution >= 4 is 17.8 Å². The molecular weight excluding hydrogens is 215 g/mol. The molecule has 0 aromatic heterocycles. The van der Waals surface area contributed by atoms with Crippen LogP contribution in [0.5, 0.6) is 0 Å². The summed E-state index contributed by atoms with van der Waals surface area (Å²) < 4.78 is 12.7. The van der Waals surface area contributed by atoms with Gasteiger partial charge in [-0.15, -0.1) is 6.42 Å². The molecule has 0 amide bonds. The van der Waals surface area contributed by atoms with Gasteiger partial charge in [0.05, 0.1) is 0 Å². The van der Waals surface area contributed by atoms with Crippen molar-refractivity contribution in [2.75, 3.05) is 0 Å². The zero-order valence-electron chi connectivity index (χ0n) is 8.71. The Balaban J connectivity index is 2.60. The van der Waals surface area contributed by atoms with E-state index in [-0.39, 0.29) is 0 Å².